The first kappa shape index (κ1) is 13.9. The molecule has 100 valence electrons. The maximum atomic E-state index is 12.0. The SMILES string of the molecule is COc1ccc(N)cc1C(=O)OCc1sccc1Br. The van der Waals surface area contributed by atoms with Gasteiger partial charge in [-0.15, -0.1) is 11.3 Å². The Labute approximate surface area is 123 Å². The summed E-state index contributed by atoms with van der Waals surface area (Å²) in [7, 11) is 1.50. The molecule has 2 N–H and O–H groups in total. The Hall–Kier alpha value is -1.53. The molecule has 0 amide bonds. The van der Waals surface area contributed by atoms with Gasteiger partial charge in [-0.05, 0) is 45.6 Å². The van der Waals surface area contributed by atoms with Gasteiger partial charge >= 0.3 is 5.97 Å². The second-order valence-electron chi connectivity index (χ2n) is 3.73. The minimum atomic E-state index is -0.454. The number of esters is 1. The Morgan fingerprint density at radius 1 is 1.42 bits per heavy atom. The summed E-state index contributed by atoms with van der Waals surface area (Å²) >= 11 is 4.91. The van der Waals surface area contributed by atoms with Gasteiger partial charge in [0.25, 0.3) is 0 Å². The lowest BCUT2D eigenvalue weighted by molar-refractivity contribution is 0.0472. The quantitative estimate of drug-likeness (QED) is 0.683. The van der Waals surface area contributed by atoms with Crippen LogP contribution in [0.2, 0.25) is 0 Å². The molecule has 0 unspecified atom stereocenters. The molecule has 0 aliphatic carbocycles. The largest absolute Gasteiger partial charge is 0.496 e. The third kappa shape index (κ3) is 3.27. The van der Waals surface area contributed by atoms with Crippen molar-refractivity contribution in [1.29, 1.82) is 0 Å². The third-order valence-electron chi connectivity index (χ3n) is 2.47. The highest BCUT2D eigenvalue weighted by Gasteiger charge is 2.15. The first-order chi connectivity index (χ1) is 9.11. The van der Waals surface area contributed by atoms with Gasteiger partial charge in [0, 0.05) is 10.2 Å². The molecule has 2 rings (SSSR count). The maximum absolute atomic E-state index is 12.0. The average molecular weight is 342 g/mol. The van der Waals surface area contributed by atoms with Gasteiger partial charge in [0.2, 0.25) is 0 Å². The molecule has 0 spiro atoms. The van der Waals surface area contributed by atoms with Gasteiger partial charge in [-0.2, -0.15) is 0 Å². The number of benzene rings is 1. The summed E-state index contributed by atoms with van der Waals surface area (Å²) in [6.45, 7) is 0.217. The smallest absolute Gasteiger partial charge is 0.342 e. The number of carbonyl (C=O) groups excluding carboxylic acids is 1. The van der Waals surface area contributed by atoms with Gasteiger partial charge in [0.15, 0.2) is 0 Å². The lowest BCUT2D eigenvalue weighted by Crippen LogP contribution is -2.07. The number of ether oxygens (including phenoxy) is 2. The zero-order valence-corrected chi connectivity index (χ0v) is 12.6. The van der Waals surface area contributed by atoms with Crippen LogP contribution in [0.3, 0.4) is 0 Å². The molecular weight excluding hydrogens is 330 g/mol. The van der Waals surface area contributed by atoms with E-state index in [-0.39, 0.29) is 6.61 Å². The van der Waals surface area contributed by atoms with Crippen molar-refractivity contribution in [3.63, 3.8) is 0 Å². The van der Waals surface area contributed by atoms with E-state index in [4.69, 9.17) is 15.2 Å². The number of halogens is 1. The number of nitrogens with two attached hydrogens (primary N) is 1. The van der Waals surface area contributed by atoms with Crippen molar-refractivity contribution in [1.82, 2.24) is 0 Å². The van der Waals surface area contributed by atoms with Crippen LogP contribution in [-0.4, -0.2) is 13.1 Å². The molecule has 0 saturated heterocycles. The molecule has 0 radical (unpaired) electrons. The standard InChI is InChI=1S/C13H12BrNO3S/c1-17-11-3-2-8(15)6-9(11)13(16)18-7-12-10(14)4-5-19-12/h2-6H,7,15H2,1H3. The number of hydrogen-bond acceptors (Lipinski definition) is 5. The molecule has 0 saturated carbocycles. The molecule has 4 nitrogen and oxygen atoms in total. The van der Waals surface area contributed by atoms with Crippen LogP contribution in [0.5, 0.6) is 5.75 Å². The van der Waals surface area contributed by atoms with E-state index in [1.54, 1.807) is 18.2 Å². The first-order valence-electron chi connectivity index (χ1n) is 5.44. The third-order valence-corrected chi connectivity index (χ3v) is 4.37. The van der Waals surface area contributed by atoms with E-state index in [1.807, 2.05) is 11.4 Å². The van der Waals surface area contributed by atoms with Crippen molar-refractivity contribution in [2.75, 3.05) is 12.8 Å². The van der Waals surface area contributed by atoms with Crippen LogP contribution in [0, 0.1) is 0 Å². The summed E-state index contributed by atoms with van der Waals surface area (Å²) in [6, 6.07) is 6.78. The number of nitrogen functional groups attached to an aromatic ring is 1. The molecule has 1 aromatic heterocycles. The normalized spacial score (nSPS) is 10.2. The molecule has 6 heteroatoms. The van der Waals surface area contributed by atoms with Crippen LogP contribution >= 0.6 is 27.3 Å². The highest BCUT2D eigenvalue weighted by atomic mass is 79.9. The number of rotatable bonds is 4. The summed E-state index contributed by atoms with van der Waals surface area (Å²) in [5.41, 5.74) is 6.49. The number of methoxy groups -OCH3 is 1. The number of thiophene rings is 1. The van der Waals surface area contributed by atoms with E-state index in [0.29, 0.717) is 17.0 Å². The summed E-state index contributed by atoms with van der Waals surface area (Å²) in [5, 5.41) is 1.92. The highest BCUT2D eigenvalue weighted by Crippen LogP contribution is 2.25. The summed E-state index contributed by atoms with van der Waals surface area (Å²) in [6.07, 6.45) is 0. The minimum Gasteiger partial charge on any atom is -0.496 e. The predicted molar refractivity (Wildman–Crippen MR) is 78.5 cm³/mol. The van der Waals surface area contributed by atoms with E-state index in [9.17, 15) is 4.79 Å². The molecule has 1 heterocycles. The first-order valence-corrected chi connectivity index (χ1v) is 7.11. The van der Waals surface area contributed by atoms with Crippen molar-refractivity contribution in [2.45, 2.75) is 6.61 Å². The Bertz CT molecular complexity index is 597. The molecule has 0 aliphatic rings. The molecule has 0 fully saturated rings. The molecule has 0 aliphatic heterocycles. The maximum Gasteiger partial charge on any atom is 0.342 e. The highest BCUT2D eigenvalue weighted by molar-refractivity contribution is 9.10. The van der Waals surface area contributed by atoms with Gasteiger partial charge < -0.3 is 15.2 Å². The van der Waals surface area contributed by atoms with Crippen molar-refractivity contribution >= 4 is 38.9 Å². The molecule has 2 aromatic rings. The summed E-state index contributed by atoms with van der Waals surface area (Å²) < 4.78 is 11.3. The molecule has 0 atom stereocenters. The van der Waals surface area contributed by atoms with Crippen LogP contribution < -0.4 is 10.5 Å². The van der Waals surface area contributed by atoms with Crippen molar-refractivity contribution in [3.05, 3.63) is 44.6 Å². The van der Waals surface area contributed by atoms with E-state index in [2.05, 4.69) is 15.9 Å². The lowest BCUT2D eigenvalue weighted by atomic mass is 10.2. The fraction of sp³-hybridized carbons (Fsp3) is 0.154. The second-order valence-corrected chi connectivity index (χ2v) is 5.58. The van der Waals surface area contributed by atoms with Crippen molar-refractivity contribution in [3.8, 4) is 5.75 Å². The van der Waals surface area contributed by atoms with Crippen LogP contribution in [0.25, 0.3) is 0 Å². The van der Waals surface area contributed by atoms with E-state index in [0.717, 1.165) is 9.35 Å². The fourth-order valence-electron chi connectivity index (χ4n) is 1.52. The topological polar surface area (TPSA) is 61.5 Å². The predicted octanol–water partition coefficient (Wildman–Crippen LogP) is 3.46. The molecule has 0 bridgehead atoms. The van der Waals surface area contributed by atoms with E-state index < -0.39 is 5.97 Å². The number of anilines is 1. The number of hydrogen-bond donors (Lipinski definition) is 1. The zero-order valence-electron chi connectivity index (χ0n) is 10.2. The fourth-order valence-corrected chi connectivity index (χ4v) is 2.90. The second kappa shape index (κ2) is 6.08. The van der Waals surface area contributed by atoms with Crippen LogP contribution in [-0.2, 0) is 11.3 Å². The van der Waals surface area contributed by atoms with Gasteiger partial charge in [0.1, 0.15) is 17.9 Å². The van der Waals surface area contributed by atoms with E-state index in [1.165, 1.54) is 18.4 Å². The Kier molecular flexibility index (Phi) is 4.44. The Morgan fingerprint density at radius 2 is 2.21 bits per heavy atom. The minimum absolute atomic E-state index is 0.217. The number of carbonyl (C=O) groups is 1. The summed E-state index contributed by atoms with van der Waals surface area (Å²) in [5.74, 6) is -0.00565. The Morgan fingerprint density at radius 3 is 2.84 bits per heavy atom. The van der Waals surface area contributed by atoms with Gasteiger partial charge in [0.05, 0.1) is 12.0 Å². The Balaban J connectivity index is 2.12. The van der Waals surface area contributed by atoms with Gasteiger partial charge in [-0.25, -0.2) is 4.79 Å². The van der Waals surface area contributed by atoms with Crippen molar-refractivity contribution < 1.29 is 14.3 Å². The average Bonchev–Trinajstić information content (AvgIpc) is 2.81. The van der Waals surface area contributed by atoms with Crippen LogP contribution in [0.15, 0.2) is 34.1 Å². The monoisotopic (exact) mass is 341 g/mol. The molecular formula is C13H12BrNO3S. The molecule has 19 heavy (non-hydrogen) atoms. The zero-order chi connectivity index (χ0) is 13.8. The lowest BCUT2D eigenvalue weighted by Gasteiger charge is -2.09. The van der Waals surface area contributed by atoms with Crippen LogP contribution in [0.1, 0.15) is 15.2 Å². The van der Waals surface area contributed by atoms with E-state index >= 15 is 0 Å². The van der Waals surface area contributed by atoms with Crippen molar-refractivity contribution in [2.24, 2.45) is 0 Å². The van der Waals surface area contributed by atoms with Gasteiger partial charge in [-0.1, -0.05) is 0 Å². The van der Waals surface area contributed by atoms with Gasteiger partial charge in [-0.3, -0.25) is 0 Å². The molecule has 1 aromatic carbocycles. The summed E-state index contributed by atoms with van der Waals surface area (Å²) in [4.78, 5) is 13.0. The van der Waals surface area contributed by atoms with Crippen LogP contribution in [0.4, 0.5) is 5.69 Å².